The van der Waals surface area contributed by atoms with Gasteiger partial charge in [0.15, 0.2) is 0 Å². The lowest BCUT2D eigenvalue weighted by Crippen LogP contribution is -2.33. The Hall–Kier alpha value is -1.15. The zero-order valence-corrected chi connectivity index (χ0v) is 12.2. The highest BCUT2D eigenvalue weighted by molar-refractivity contribution is 7.89. The van der Waals surface area contributed by atoms with Crippen LogP contribution in [0.5, 0.6) is 0 Å². The lowest BCUT2D eigenvalue weighted by molar-refractivity contribution is 0.0697. The van der Waals surface area contributed by atoms with Gasteiger partial charge in [0.2, 0.25) is 10.0 Å². The van der Waals surface area contributed by atoms with Gasteiger partial charge in [-0.15, -0.1) is 0 Å². The minimum atomic E-state index is -3.73. The maximum absolute atomic E-state index is 12.5. The fourth-order valence-corrected chi connectivity index (χ4v) is 3.63. The van der Waals surface area contributed by atoms with E-state index in [1.54, 1.807) is 0 Å². The largest absolute Gasteiger partial charge is 0.478 e. The van der Waals surface area contributed by atoms with Gasteiger partial charge in [-0.1, -0.05) is 11.6 Å². The van der Waals surface area contributed by atoms with E-state index < -0.39 is 16.0 Å². The number of carboxylic acid groups (broad SMARTS) is 1. The highest BCUT2D eigenvalue weighted by Gasteiger charge is 2.26. The van der Waals surface area contributed by atoms with Crippen molar-refractivity contribution in [3.05, 3.63) is 28.8 Å². The topological polar surface area (TPSA) is 83.9 Å². The van der Waals surface area contributed by atoms with Gasteiger partial charge < -0.3 is 9.84 Å². The predicted molar refractivity (Wildman–Crippen MR) is 72.6 cm³/mol. The number of nitrogens with zero attached hydrogens (tertiary/aromatic N) is 1. The van der Waals surface area contributed by atoms with Crippen molar-refractivity contribution in [3.8, 4) is 0 Å². The van der Waals surface area contributed by atoms with E-state index in [4.69, 9.17) is 21.4 Å². The highest BCUT2D eigenvalue weighted by atomic mass is 35.5. The Labute approximate surface area is 122 Å². The Bertz CT molecular complexity index is 608. The van der Waals surface area contributed by atoms with Crippen LogP contribution in [0.1, 0.15) is 16.8 Å². The molecular weight excluding hydrogens is 306 g/mol. The number of halogens is 1. The molecule has 2 rings (SSSR count). The average Bonchev–Trinajstić information content (AvgIpc) is 2.67. The number of hydrogen-bond acceptors (Lipinski definition) is 4. The maximum atomic E-state index is 12.5. The Morgan fingerprint density at radius 1 is 1.30 bits per heavy atom. The van der Waals surface area contributed by atoms with E-state index in [0.29, 0.717) is 26.2 Å². The molecule has 1 saturated heterocycles. The Morgan fingerprint density at radius 2 is 2.05 bits per heavy atom. The Kier molecular flexibility index (Phi) is 4.64. The van der Waals surface area contributed by atoms with Crippen molar-refractivity contribution in [2.75, 3.05) is 26.3 Å². The lowest BCUT2D eigenvalue weighted by Gasteiger charge is -2.19. The predicted octanol–water partition coefficient (Wildman–Crippen LogP) is 1.45. The van der Waals surface area contributed by atoms with Gasteiger partial charge in [-0.3, -0.25) is 0 Å². The molecule has 1 aromatic rings. The number of carboxylic acids is 1. The van der Waals surface area contributed by atoms with E-state index in [0.717, 1.165) is 6.07 Å². The van der Waals surface area contributed by atoms with Crippen LogP contribution in [-0.2, 0) is 14.8 Å². The molecule has 0 aliphatic carbocycles. The maximum Gasteiger partial charge on any atom is 0.337 e. The van der Waals surface area contributed by atoms with Gasteiger partial charge in [0.25, 0.3) is 0 Å². The van der Waals surface area contributed by atoms with Gasteiger partial charge in [-0.05, 0) is 24.6 Å². The van der Waals surface area contributed by atoms with Crippen molar-refractivity contribution in [3.63, 3.8) is 0 Å². The molecule has 0 saturated carbocycles. The van der Waals surface area contributed by atoms with Crippen molar-refractivity contribution in [2.24, 2.45) is 0 Å². The third kappa shape index (κ3) is 3.12. The van der Waals surface area contributed by atoms with Crippen LogP contribution in [0.3, 0.4) is 0 Å². The standard InChI is InChI=1S/C12H14ClNO5S/c13-11-3-2-9(8-10(11)12(15)16)20(17,18)14-4-1-6-19-7-5-14/h2-3,8H,1,4-7H2,(H,15,16). The second kappa shape index (κ2) is 6.09. The lowest BCUT2D eigenvalue weighted by atomic mass is 10.2. The fourth-order valence-electron chi connectivity index (χ4n) is 1.94. The van der Waals surface area contributed by atoms with E-state index in [9.17, 15) is 13.2 Å². The van der Waals surface area contributed by atoms with E-state index in [2.05, 4.69) is 0 Å². The zero-order valence-electron chi connectivity index (χ0n) is 10.6. The first kappa shape index (κ1) is 15.2. The Balaban J connectivity index is 2.38. The molecule has 1 fully saturated rings. The van der Waals surface area contributed by atoms with Crippen LogP contribution in [-0.4, -0.2) is 50.1 Å². The molecule has 0 unspecified atom stereocenters. The van der Waals surface area contributed by atoms with Crippen LogP contribution < -0.4 is 0 Å². The smallest absolute Gasteiger partial charge is 0.337 e. The number of ether oxygens (including phenoxy) is 1. The summed E-state index contributed by atoms with van der Waals surface area (Å²) in [6.45, 7) is 1.46. The first-order valence-electron chi connectivity index (χ1n) is 6.03. The normalized spacial score (nSPS) is 17.6. The molecule has 1 heterocycles. The van der Waals surface area contributed by atoms with Crippen molar-refractivity contribution >= 4 is 27.6 Å². The molecule has 8 heteroatoms. The molecule has 6 nitrogen and oxygen atoms in total. The molecule has 1 aromatic carbocycles. The van der Waals surface area contributed by atoms with E-state index in [1.807, 2.05) is 0 Å². The van der Waals surface area contributed by atoms with Crippen molar-refractivity contribution in [1.29, 1.82) is 0 Å². The summed E-state index contributed by atoms with van der Waals surface area (Å²) in [6.07, 6.45) is 0.610. The summed E-state index contributed by atoms with van der Waals surface area (Å²) in [7, 11) is -3.73. The van der Waals surface area contributed by atoms with Crippen LogP contribution in [0.4, 0.5) is 0 Å². The van der Waals surface area contributed by atoms with Gasteiger partial charge in [0.1, 0.15) is 0 Å². The van der Waals surface area contributed by atoms with Crippen molar-refractivity contribution in [2.45, 2.75) is 11.3 Å². The number of rotatable bonds is 3. The molecule has 20 heavy (non-hydrogen) atoms. The van der Waals surface area contributed by atoms with Gasteiger partial charge in [-0.2, -0.15) is 4.31 Å². The molecule has 1 aliphatic heterocycles. The molecule has 0 spiro atoms. The van der Waals surface area contributed by atoms with Gasteiger partial charge in [0, 0.05) is 19.7 Å². The monoisotopic (exact) mass is 319 g/mol. The van der Waals surface area contributed by atoms with Crippen LogP contribution in [0, 0.1) is 0 Å². The van der Waals surface area contributed by atoms with Crippen LogP contribution in [0.25, 0.3) is 0 Å². The SMILES string of the molecule is O=C(O)c1cc(S(=O)(=O)N2CCCOCC2)ccc1Cl. The van der Waals surface area contributed by atoms with Crippen LogP contribution >= 0.6 is 11.6 Å². The molecule has 0 aromatic heterocycles. The molecule has 110 valence electrons. The summed E-state index contributed by atoms with van der Waals surface area (Å²) >= 11 is 5.74. The summed E-state index contributed by atoms with van der Waals surface area (Å²) in [5, 5.41) is 9.01. The first-order valence-corrected chi connectivity index (χ1v) is 7.85. The minimum Gasteiger partial charge on any atom is -0.478 e. The van der Waals surface area contributed by atoms with Gasteiger partial charge in [-0.25, -0.2) is 13.2 Å². The van der Waals surface area contributed by atoms with Crippen LogP contribution in [0.15, 0.2) is 23.1 Å². The summed E-state index contributed by atoms with van der Waals surface area (Å²) in [4.78, 5) is 11.0. The third-order valence-corrected chi connectivity index (χ3v) is 5.21. The average molecular weight is 320 g/mol. The molecule has 0 bridgehead atoms. The number of sulfonamides is 1. The number of carbonyl (C=O) groups is 1. The Morgan fingerprint density at radius 3 is 2.75 bits per heavy atom. The second-order valence-corrected chi connectivity index (χ2v) is 6.66. The van der Waals surface area contributed by atoms with Crippen molar-refractivity contribution < 1.29 is 23.1 Å². The van der Waals surface area contributed by atoms with Crippen molar-refractivity contribution in [1.82, 2.24) is 4.31 Å². The minimum absolute atomic E-state index is 0.00986. The molecule has 0 radical (unpaired) electrons. The number of benzene rings is 1. The molecular formula is C12H14ClNO5S. The van der Waals surface area contributed by atoms with E-state index in [1.165, 1.54) is 16.4 Å². The second-order valence-electron chi connectivity index (χ2n) is 4.32. The third-order valence-electron chi connectivity index (χ3n) is 2.99. The molecule has 1 aliphatic rings. The van der Waals surface area contributed by atoms with Gasteiger partial charge >= 0.3 is 5.97 Å². The quantitative estimate of drug-likeness (QED) is 0.911. The number of hydrogen-bond donors (Lipinski definition) is 1. The summed E-state index contributed by atoms with van der Waals surface area (Å²) in [5.41, 5.74) is -0.223. The summed E-state index contributed by atoms with van der Waals surface area (Å²) in [6, 6.07) is 3.69. The molecule has 0 atom stereocenters. The molecule has 1 N–H and O–H groups in total. The number of aromatic carboxylic acids is 1. The molecule has 0 amide bonds. The zero-order chi connectivity index (χ0) is 14.8. The van der Waals surface area contributed by atoms with E-state index in [-0.39, 0.29) is 22.0 Å². The highest BCUT2D eigenvalue weighted by Crippen LogP contribution is 2.23. The van der Waals surface area contributed by atoms with E-state index >= 15 is 0 Å². The first-order chi connectivity index (χ1) is 9.43. The summed E-state index contributed by atoms with van der Waals surface area (Å²) in [5.74, 6) is -1.26. The fraction of sp³-hybridized carbons (Fsp3) is 0.417. The van der Waals surface area contributed by atoms with Gasteiger partial charge in [0.05, 0.1) is 22.1 Å². The van der Waals surface area contributed by atoms with Crippen LogP contribution in [0.2, 0.25) is 5.02 Å². The summed E-state index contributed by atoms with van der Waals surface area (Å²) < 4.78 is 31.4.